The van der Waals surface area contributed by atoms with Gasteiger partial charge >= 0.3 is 0 Å². The van der Waals surface area contributed by atoms with E-state index in [2.05, 4.69) is 35.3 Å². The average Bonchev–Trinajstić information content (AvgIpc) is 3.18. The molecule has 220 valence electrons. The number of carbonyl (C=O) groups excluding carboxylic acids is 2. The average molecular weight is 609 g/mol. The number of halogens is 4. The van der Waals surface area contributed by atoms with Crippen LogP contribution in [0.5, 0.6) is 0 Å². The van der Waals surface area contributed by atoms with Crippen molar-refractivity contribution in [2.45, 2.75) is 85.7 Å². The number of nitrogens with one attached hydrogen (secondary N) is 3. The first-order chi connectivity index (χ1) is 18.9. The lowest BCUT2D eigenvalue weighted by Crippen LogP contribution is -2.50. The summed E-state index contributed by atoms with van der Waals surface area (Å²) in [5.41, 5.74) is -0.318. The molecular weight excluding hydrogens is 580 g/mol. The second-order valence-corrected chi connectivity index (χ2v) is 12.5. The molecule has 40 heavy (non-hydrogen) atoms. The summed E-state index contributed by atoms with van der Waals surface area (Å²) in [6.07, 6.45) is 2.12. The quantitative estimate of drug-likeness (QED) is 0.197. The third-order valence-electron chi connectivity index (χ3n) is 6.67. The van der Waals surface area contributed by atoms with Crippen molar-refractivity contribution in [1.82, 2.24) is 25.3 Å². The van der Waals surface area contributed by atoms with Gasteiger partial charge in [0.25, 0.3) is 11.8 Å². The number of carbonyl (C=O) groups is 2. The molecule has 0 aliphatic heterocycles. The van der Waals surface area contributed by atoms with Gasteiger partial charge in [-0.2, -0.15) is 0 Å². The minimum Gasteiger partial charge on any atom is -0.338 e. The van der Waals surface area contributed by atoms with E-state index < -0.39 is 64.9 Å². The Morgan fingerprint density at radius 3 is 2.40 bits per heavy atom. The van der Waals surface area contributed by atoms with Gasteiger partial charge in [0, 0.05) is 25.1 Å². The van der Waals surface area contributed by atoms with Gasteiger partial charge in [0.1, 0.15) is 16.8 Å². The lowest BCUT2D eigenvalue weighted by molar-refractivity contribution is -0.119. The molecule has 0 aromatic carbocycles. The van der Waals surface area contributed by atoms with Crippen molar-refractivity contribution in [3.05, 3.63) is 24.0 Å². The van der Waals surface area contributed by atoms with Crippen LogP contribution in [0.2, 0.25) is 0 Å². The number of thioether (sulfide) groups is 1. The zero-order chi connectivity index (χ0) is 28.9. The highest BCUT2D eigenvalue weighted by molar-refractivity contribution is 7.99. The molecule has 3 N–H and O–H groups in total. The van der Waals surface area contributed by atoms with E-state index in [0.29, 0.717) is 24.6 Å². The number of hydrogen-bond donors (Lipinski definition) is 3. The first kappa shape index (κ1) is 30.2. The Hall–Kier alpha value is -2.79. The summed E-state index contributed by atoms with van der Waals surface area (Å²) < 4.78 is 83.1. The van der Waals surface area contributed by atoms with Gasteiger partial charge in [-0.25, -0.2) is 40.3 Å². The molecule has 0 unspecified atom stereocenters. The summed E-state index contributed by atoms with van der Waals surface area (Å²) in [4.78, 5) is 30.0. The largest absolute Gasteiger partial charge is 0.338 e. The Balaban J connectivity index is 1.45. The van der Waals surface area contributed by atoms with E-state index in [-0.39, 0.29) is 27.4 Å². The second kappa shape index (κ2) is 12.8. The zero-order valence-corrected chi connectivity index (χ0v) is 22.7. The molecule has 2 saturated carbocycles. The summed E-state index contributed by atoms with van der Waals surface area (Å²) in [5, 5.41) is 12.1. The lowest BCUT2D eigenvalue weighted by atomic mass is 9.89. The van der Waals surface area contributed by atoms with Gasteiger partial charge in [-0.15, -0.1) is 0 Å². The van der Waals surface area contributed by atoms with Gasteiger partial charge in [-0.3, -0.25) is 9.59 Å². The van der Waals surface area contributed by atoms with E-state index in [0.717, 1.165) is 31.9 Å². The van der Waals surface area contributed by atoms with Crippen LogP contribution in [0.4, 0.5) is 23.4 Å². The van der Waals surface area contributed by atoms with Crippen LogP contribution in [-0.4, -0.2) is 65.7 Å². The normalized spacial score (nSPS) is 19.0. The molecule has 0 saturated heterocycles. The van der Waals surface area contributed by atoms with Crippen LogP contribution in [0.25, 0.3) is 0 Å². The molecule has 0 radical (unpaired) electrons. The van der Waals surface area contributed by atoms with Gasteiger partial charge in [0.2, 0.25) is 28.0 Å². The Morgan fingerprint density at radius 1 is 1.10 bits per heavy atom. The fourth-order valence-electron chi connectivity index (χ4n) is 4.66. The number of rotatable bonds is 11. The molecule has 2 amide bonds. The van der Waals surface area contributed by atoms with E-state index >= 15 is 0 Å². The molecule has 11 nitrogen and oxygen atoms in total. The van der Waals surface area contributed by atoms with Gasteiger partial charge in [-0.1, -0.05) is 37.4 Å². The van der Waals surface area contributed by atoms with Crippen LogP contribution in [0.15, 0.2) is 32.9 Å². The van der Waals surface area contributed by atoms with E-state index in [1.54, 1.807) is 0 Å². The van der Waals surface area contributed by atoms with Crippen molar-refractivity contribution in [3.63, 3.8) is 0 Å². The topological polar surface area (TPSA) is 156 Å². The minimum absolute atomic E-state index is 0.00304. The second-order valence-electron chi connectivity index (χ2n) is 9.77. The first-order valence-corrected chi connectivity index (χ1v) is 15.1. The Kier molecular flexibility index (Phi) is 9.66. The van der Waals surface area contributed by atoms with Crippen molar-refractivity contribution in [2.24, 2.45) is 5.92 Å². The molecule has 2 heterocycles. The van der Waals surface area contributed by atoms with Crippen molar-refractivity contribution in [2.75, 3.05) is 11.1 Å². The highest BCUT2D eigenvalue weighted by Gasteiger charge is 2.47. The first-order valence-electron chi connectivity index (χ1n) is 12.6. The van der Waals surface area contributed by atoms with E-state index in [1.807, 2.05) is 0 Å². The number of nitrogens with zero attached hydrogens (tertiary/aromatic N) is 3. The summed E-state index contributed by atoms with van der Waals surface area (Å²) in [6.45, 7) is 0. The summed E-state index contributed by atoms with van der Waals surface area (Å²) in [6, 6.07) is 0.503. The lowest BCUT2D eigenvalue weighted by Gasteiger charge is -2.34. The molecule has 1 atom stereocenters. The number of anilines is 1. The standard InChI is InChI=1S/C23H28F4N6O5S2/c24-16(25)12-39-22-19(31-38-32-22)21(35)30-18(13-5-3-1-2-4-6-13)20(34)29-17-8-7-15(11-28-17)40(36,37)33-14-9-23(26,27)10-14/h7-8,11,13-14,16,18,33H,1-6,9-10,12H2,(H,30,35)(H,28,29,34)/t18-/m0/s1. The Labute approximate surface area is 231 Å². The van der Waals surface area contributed by atoms with E-state index in [4.69, 9.17) is 0 Å². The third kappa shape index (κ3) is 7.90. The van der Waals surface area contributed by atoms with Crippen LogP contribution in [0, 0.1) is 5.92 Å². The molecule has 0 spiro atoms. The Morgan fingerprint density at radius 2 is 1.80 bits per heavy atom. The van der Waals surface area contributed by atoms with E-state index in [9.17, 15) is 35.6 Å². The predicted molar refractivity (Wildman–Crippen MR) is 135 cm³/mol. The van der Waals surface area contributed by atoms with Gasteiger partial charge in [0.15, 0.2) is 5.03 Å². The maximum atomic E-state index is 13.3. The number of hydrogen-bond acceptors (Lipinski definition) is 9. The molecule has 2 aliphatic carbocycles. The third-order valence-corrected chi connectivity index (χ3v) is 9.14. The number of aromatic nitrogens is 3. The summed E-state index contributed by atoms with van der Waals surface area (Å²) in [5.74, 6) is -5.18. The minimum atomic E-state index is -4.09. The molecule has 2 aliphatic rings. The fraction of sp³-hybridized carbons (Fsp3) is 0.609. The number of pyridine rings is 1. The molecule has 2 aromatic heterocycles. The maximum Gasteiger partial charge on any atom is 0.277 e. The van der Waals surface area contributed by atoms with Crippen molar-refractivity contribution < 1.29 is 40.2 Å². The fourth-order valence-corrected chi connectivity index (χ4v) is 6.47. The van der Waals surface area contributed by atoms with Gasteiger partial charge < -0.3 is 10.6 Å². The number of amides is 2. The van der Waals surface area contributed by atoms with Crippen molar-refractivity contribution >= 4 is 39.4 Å². The maximum absolute atomic E-state index is 13.3. The smallest absolute Gasteiger partial charge is 0.277 e. The molecule has 4 rings (SSSR count). The highest BCUT2D eigenvalue weighted by Crippen LogP contribution is 2.38. The molecule has 2 aromatic rings. The van der Waals surface area contributed by atoms with Crippen molar-refractivity contribution in [1.29, 1.82) is 0 Å². The van der Waals surface area contributed by atoms with Gasteiger partial charge in [-0.05, 0) is 41.2 Å². The monoisotopic (exact) mass is 608 g/mol. The zero-order valence-electron chi connectivity index (χ0n) is 21.1. The van der Waals surface area contributed by atoms with E-state index in [1.165, 1.54) is 12.1 Å². The van der Waals surface area contributed by atoms with Crippen LogP contribution in [0.3, 0.4) is 0 Å². The number of sulfonamides is 1. The number of alkyl halides is 4. The van der Waals surface area contributed by atoms with Crippen molar-refractivity contribution in [3.8, 4) is 0 Å². The summed E-state index contributed by atoms with van der Waals surface area (Å²) >= 11 is 0.599. The molecular formula is C23H28F4N6O5S2. The SMILES string of the molecule is O=C(N[C@H](C(=O)Nc1ccc(S(=O)(=O)NC2CC(F)(F)C2)cn1)C1CCCCCC1)c1nonc1SCC(F)F. The van der Waals surface area contributed by atoms with Crippen LogP contribution >= 0.6 is 11.8 Å². The van der Waals surface area contributed by atoms with Crippen LogP contribution in [-0.2, 0) is 14.8 Å². The molecule has 0 bridgehead atoms. The summed E-state index contributed by atoms with van der Waals surface area (Å²) in [7, 11) is -4.09. The highest BCUT2D eigenvalue weighted by atomic mass is 32.2. The van der Waals surface area contributed by atoms with Gasteiger partial charge in [0.05, 0.1) is 5.75 Å². The van der Waals surface area contributed by atoms with Crippen LogP contribution < -0.4 is 15.4 Å². The molecule has 2 fully saturated rings. The predicted octanol–water partition coefficient (Wildman–Crippen LogP) is 3.61. The molecule has 17 heteroatoms. The Bertz CT molecular complexity index is 1280. The van der Waals surface area contributed by atoms with Crippen LogP contribution in [0.1, 0.15) is 61.9 Å².